The van der Waals surface area contributed by atoms with Crippen LogP contribution in [0.2, 0.25) is 0 Å². The van der Waals surface area contributed by atoms with E-state index in [1.54, 1.807) is 13.0 Å². The lowest BCUT2D eigenvalue weighted by Crippen LogP contribution is -2.11. The average molecular weight is 285 g/mol. The first kappa shape index (κ1) is 15.7. The zero-order valence-corrected chi connectivity index (χ0v) is 11.0. The Morgan fingerprint density at radius 3 is 2.60 bits per heavy atom. The Morgan fingerprint density at radius 2 is 2.10 bits per heavy atom. The minimum absolute atomic E-state index is 0.0718. The lowest BCUT2D eigenvalue weighted by Gasteiger charge is -2.14. The molecule has 0 spiro atoms. The first-order valence-corrected chi connectivity index (χ1v) is 5.73. The molecule has 20 heavy (non-hydrogen) atoms. The predicted molar refractivity (Wildman–Crippen MR) is 64.7 cm³/mol. The summed E-state index contributed by atoms with van der Waals surface area (Å²) in [5.41, 5.74) is 0.204. The van der Waals surface area contributed by atoms with Gasteiger partial charge in [0, 0.05) is 5.56 Å². The van der Waals surface area contributed by atoms with E-state index in [0.717, 1.165) is 0 Å². The van der Waals surface area contributed by atoms with E-state index in [2.05, 4.69) is 4.74 Å². The van der Waals surface area contributed by atoms with Crippen molar-refractivity contribution in [3.05, 3.63) is 23.3 Å². The van der Waals surface area contributed by atoms with Crippen LogP contribution in [0.1, 0.15) is 18.1 Å². The van der Waals surface area contributed by atoms with E-state index in [9.17, 15) is 13.6 Å². The number of halogens is 2. The molecule has 0 bridgehead atoms. The standard InChI is InChI=1S/C13H13F2NO4/c1-3-19-10(17)6-8-4-5-9(7-16)12(11(8)18-2)20-13(14)15/h4-5,13H,3,6H2,1-2H3. The molecule has 0 unspecified atom stereocenters. The van der Waals surface area contributed by atoms with E-state index in [0.29, 0.717) is 5.56 Å². The van der Waals surface area contributed by atoms with Gasteiger partial charge in [0.25, 0.3) is 0 Å². The molecule has 0 N–H and O–H groups in total. The number of nitriles is 1. The molecule has 0 amide bonds. The number of rotatable bonds is 6. The number of carbonyl (C=O) groups excluding carboxylic acids is 1. The van der Waals surface area contributed by atoms with E-state index in [4.69, 9.17) is 14.7 Å². The van der Waals surface area contributed by atoms with Gasteiger partial charge < -0.3 is 14.2 Å². The number of carbonyl (C=O) groups is 1. The largest absolute Gasteiger partial charge is 0.493 e. The van der Waals surface area contributed by atoms with Gasteiger partial charge in [-0.1, -0.05) is 6.07 Å². The van der Waals surface area contributed by atoms with Crippen LogP contribution in [-0.2, 0) is 16.0 Å². The van der Waals surface area contributed by atoms with Crippen molar-refractivity contribution < 1.29 is 27.8 Å². The number of benzene rings is 1. The van der Waals surface area contributed by atoms with Crippen LogP contribution in [-0.4, -0.2) is 26.3 Å². The highest BCUT2D eigenvalue weighted by Crippen LogP contribution is 2.36. The summed E-state index contributed by atoms with van der Waals surface area (Å²) >= 11 is 0. The fraction of sp³-hybridized carbons (Fsp3) is 0.385. The smallest absolute Gasteiger partial charge is 0.387 e. The summed E-state index contributed by atoms with van der Waals surface area (Å²) in [6, 6.07) is 4.45. The first-order chi connectivity index (χ1) is 9.53. The molecule has 0 saturated carbocycles. The van der Waals surface area contributed by atoms with Gasteiger partial charge in [0.1, 0.15) is 6.07 Å². The predicted octanol–water partition coefficient (Wildman–Crippen LogP) is 2.27. The third kappa shape index (κ3) is 3.82. The normalized spacial score (nSPS) is 10.0. The van der Waals surface area contributed by atoms with E-state index in [1.165, 1.54) is 19.2 Å². The summed E-state index contributed by atoms with van der Waals surface area (Å²) in [4.78, 5) is 11.4. The topological polar surface area (TPSA) is 68.6 Å². The first-order valence-electron chi connectivity index (χ1n) is 5.73. The van der Waals surface area contributed by atoms with Gasteiger partial charge in [-0.05, 0) is 13.0 Å². The minimum atomic E-state index is -3.10. The highest BCUT2D eigenvalue weighted by atomic mass is 19.3. The van der Waals surface area contributed by atoms with Crippen LogP contribution >= 0.6 is 0 Å². The maximum Gasteiger partial charge on any atom is 0.387 e. The molecule has 0 atom stereocenters. The number of hydrogen-bond acceptors (Lipinski definition) is 5. The Labute approximate surface area is 114 Å². The number of nitrogens with zero attached hydrogens (tertiary/aromatic N) is 1. The maximum absolute atomic E-state index is 12.4. The van der Waals surface area contributed by atoms with Crippen molar-refractivity contribution in [1.29, 1.82) is 5.26 Å². The molecule has 0 heterocycles. The highest BCUT2D eigenvalue weighted by Gasteiger charge is 2.20. The van der Waals surface area contributed by atoms with E-state index < -0.39 is 12.6 Å². The molecule has 0 aliphatic heterocycles. The van der Waals surface area contributed by atoms with Crippen LogP contribution in [0.5, 0.6) is 11.5 Å². The Hall–Kier alpha value is -2.36. The zero-order chi connectivity index (χ0) is 15.1. The minimum Gasteiger partial charge on any atom is -0.493 e. The van der Waals surface area contributed by atoms with Crippen LogP contribution in [0.15, 0.2) is 12.1 Å². The van der Waals surface area contributed by atoms with Crippen LogP contribution < -0.4 is 9.47 Å². The van der Waals surface area contributed by atoms with Crippen molar-refractivity contribution in [2.75, 3.05) is 13.7 Å². The number of esters is 1. The lowest BCUT2D eigenvalue weighted by molar-refractivity contribution is -0.142. The summed E-state index contributed by atoms with van der Waals surface area (Å²) in [7, 11) is 1.24. The molecule has 1 aromatic rings. The summed E-state index contributed by atoms with van der Waals surface area (Å²) in [5, 5.41) is 8.89. The molecule has 0 aromatic heterocycles. The molecule has 1 aromatic carbocycles. The van der Waals surface area contributed by atoms with E-state index in [1.807, 2.05) is 0 Å². The fourth-order valence-electron chi connectivity index (χ4n) is 1.63. The summed E-state index contributed by atoms with van der Waals surface area (Å²) < 4.78 is 38.8. The van der Waals surface area contributed by atoms with Gasteiger partial charge >= 0.3 is 12.6 Å². The lowest BCUT2D eigenvalue weighted by atomic mass is 10.1. The summed E-state index contributed by atoms with van der Waals surface area (Å²) in [6.07, 6.45) is -0.164. The van der Waals surface area contributed by atoms with Crippen molar-refractivity contribution in [3.8, 4) is 17.6 Å². The van der Waals surface area contributed by atoms with Crippen molar-refractivity contribution in [2.45, 2.75) is 20.0 Å². The van der Waals surface area contributed by atoms with Gasteiger partial charge in [-0.25, -0.2) is 0 Å². The second-order valence-corrected chi connectivity index (χ2v) is 3.61. The van der Waals surface area contributed by atoms with Crippen molar-refractivity contribution >= 4 is 5.97 Å². The van der Waals surface area contributed by atoms with Gasteiger partial charge in [-0.15, -0.1) is 0 Å². The zero-order valence-electron chi connectivity index (χ0n) is 11.0. The Balaban J connectivity index is 3.20. The molecule has 0 radical (unpaired) electrons. The average Bonchev–Trinajstić information content (AvgIpc) is 2.39. The van der Waals surface area contributed by atoms with E-state index >= 15 is 0 Å². The summed E-state index contributed by atoms with van der Waals surface area (Å²) in [5.74, 6) is -0.984. The molecule has 5 nitrogen and oxygen atoms in total. The monoisotopic (exact) mass is 285 g/mol. The molecule has 0 aliphatic carbocycles. The fourth-order valence-corrected chi connectivity index (χ4v) is 1.63. The van der Waals surface area contributed by atoms with Crippen LogP contribution in [0, 0.1) is 11.3 Å². The van der Waals surface area contributed by atoms with Crippen molar-refractivity contribution in [2.24, 2.45) is 0 Å². The van der Waals surface area contributed by atoms with Gasteiger partial charge in [-0.2, -0.15) is 14.0 Å². The molecule has 1 rings (SSSR count). The Morgan fingerprint density at radius 1 is 1.40 bits per heavy atom. The third-order valence-electron chi connectivity index (χ3n) is 2.37. The van der Waals surface area contributed by atoms with Gasteiger partial charge in [0.05, 0.1) is 25.7 Å². The number of alkyl halides is 2. The van der Waals surface area contributed by atoms with Gasteiger partial charge in [0.15, 0.2) is 11.5 Å². The number of ether oxygens (including phenoxy) is 3. The second kappa shape index (κ2) is 7.28. The third-order valence-corrected chi connectivity index (χ3v) is 2.37. The number of methoxy groups -OCH3 is 1. The molecule has 0 saturated heterocycles. The molecular formula is C13H13F2NO4. The van der Waals surface area contributed by atoms with Crippen molar-refractivity contribution in [1.82, 2.24) is 0 Å². The molecule has 0 aliphatic rings. The number of hydrogen-bond donors (Lipinski definition) is 0. The molecule has 7 heteroatoms. The van der Waals surface area contributed by atoms with Crippen LogP contribution in [0.3, 0.4) is 0 Å². The van der Waals surface area contributed by atoms with E-state index in [-0.39, 0.29) is 30.1 Å². The van der Waals surface area contributed by atoms with Crippen LogP contribution in [0.4, 0.5) is 8.78 Å². The SMILES string of the molecule is CCOC(=O)Cc1ccc(C#N)c(OC(F)F)c1OC. The second-order valence-electron chi connectivity index (χ2n) is 3.61. The highest BCUT2D eigenvalue weighted by molar-refractivity contribution is 5.74. The molecule has 0 fully saturated rings. The van der Waals surface area contributed by atoms with Gasteiger partial charge in [0.2, 0.25) is 0 Å². The van der Waals surface area contributed by atoms with Crippen molar-refractivity contribution in [3.63, 3.8) is 0 Å². The molecular weight excluding hydrogens is 272 g/mol. The Bertz CT molecular complexity index is 526. The van der Waals surface area contributed by atoms with Crippen LogP contribution in [0.25, 0.3) is 0 Å². The summed E-state index contributed by atoms with van der Waals surface area (Å²) in [6.45, 7) is -1.24. The van der Waals surface area contributed by atoms with Gasteiger partial charge in [-0.3, -0.25) is 4.79 Å². The maximum atomic E-state index is 12.4. The Kier molecular flexibility index (Phi) is 5.72. The molecule has 108 valence electrons. The quantitative estimate of drug-likeness (QED) is 0.750.